The number of benzene rings is 1. The van der Waals surface area contributed by atoms with Gasteiger partial charge in [-0.3, -0.25) is 4.79 Å². The maximum Gasteiger partial charge on any atom is 0.255 e. The molecule has 1 rings (SSSR count). The van der Waals surface area contributed by atoms with E-state index in [4.69, 9.17) is 5.11 Å². The molecule has 1 aromatic carbocycles. The van der Waals surface area contributed by atoms with Crippen molar-refractivity contribution in [3.63, 3.8) is 0 Å². The second-order valence-electron chi connectivity index (χ2n) is 4.06. The number of aliphatic hydroxyl groups excluding tert-OH is 1. The lowest BCUT2D eigenvalue weighted by molar-refractivity contribution is 0.0950. The van der Waals surface area contributed by atoms with E-state index in [0.29, 0.717) is 12.1 Å². The van der Waals surface area contributed by atoms with E-state index < -0.39 is 0 Å². The van der Waals surface area contributed by atoms with Gasteiger partial charge in [0, 0.05) is 13.2 Å². The van der Waals surface area contributed by atoms with Gasteiger partial charge in [0.25, 0.3) is 5.91 Å². The smallest absolute Gasteiger partial charge is 0.255 e. The number of aliphatic hydroxyl groups is 1. The lowest BCUT2D eigenvalue weighted by Crippen LogP contribution is -2.24. The van der Waals surface area contributed by atoms with Crippen LogP contribution in [-0.4, -0.2) is 29.3 Å². The van der Waals surface area contributed by atoms with E-state index in [1.807, 2.05) is 6.92 Å². The quantitative estimate of drug-likeness (QED) is 0.658. The van der Waals surface area contributed by atoms with Crippen LogP contribution in [0.1, 0.15) is 35.2 Å². The molecule has 4 nitrogen and oxygen atoms in total. The van der Waals surface area contributed by atoms with E-state index in [1.54, 1.807) is 18.2 Å². The zero-order valence-electron chi connectivity index (χ0n) is 10.1. The van der Waals surface area contributed by atoms with Gasteiger partial charge >= 0.3 is 0 Å². The predicted octanol–water partition coefficient (Wildman–Crippen LogP) is 1.59. The Balaban J connectivity index is 2.42. The lowest BCUT2D eigenvalue weighted by Gasteiger charge is -2.07. The van der Waals surface area contributed by atoms with Crippen LogP contribution in [0.3, 0.4) is 0 Å². The van der Waals surface area contributed by atoms with Gasteiger partial charge < -0.3 is 15.5 Å². The lowest BCUT2D eigenvalue weighted by atomic mass is 10.1. The second kappa shape index (κ2) is 6.91. The third kappa shape index (κ3) is 4.44. The third-order valence-corrected chi connectivity index (χ3v) is 2.52. The number of carbonyl (C=O) groups is 1. The molecule has 0 fully saturated rings. The molecule has 0 aliphatic rings. The summed E-state index contributed by atoms with van der Waals surface area (Å²) in [6, 6.07) is 4.98. The van der Waals surface area contributed by atoms with Gasteiger partial charge in [0.2, 0.25) is 0 Å². The highest BCUT2D eigenvalue weighted by Gasteiger charge is 2.09. The molecule has 0 aliphatic carbocycles. The van der Waals surface area contributed by atoms with Gasteiger partial charge in [-0.25, -0.2) is 0 Å². The number of carbonyl (C=O) groups excluding carboxylic acids is 1. The fourth-order valence-corrected chi connectivity index (χ4v) is 1.54. The molecule has 4 heteroatoms. The summed E-state index contributed by atoms with van der Waals surface area (Å²) in [7, 11) is 0. The number of rotatable bonds is 6. The van der Waals surface area contributed by atoms with Crippen molar-refractivity contribution in [2.45, 2.75) is 26.2 Å². The molecule has 3 N–H and O–H groups in total. The van der Waals surface area contributed by atoms with E-state index in [0.717, 1.165) is 24.8 Å². The Kier molecular flexibility index (Phi) is 5.49. The summed E-state index contributed by atoms with van der Waals surface area (Å²) >= 11 is 0. The van der Waals surface area contributed by atoms with Crippen molar-refractivity contribution in [2.24, 2.45) is 0 Å². The molecule has 0 bridgehead atoms. The van der Waals surface area contributed by atoms with Crippen LogP contribution in [0.5, 0.6) is 5.75 Å². The fourth-order valence-electron chi connectivity index (χ4n) is 1.54. The van der Waals surface area contributed by atoms with Crippen molar-refractivity contribution < 1.29 is 15.0 Å². The van der Waals surface area contributed by atoms with E-state index in [2.05, 4.69) is 5.32 Å². The van der Waals surface area contributed by atoms with Crippen LogP contribution < -0.4 is 5.32 Å². The molecule has 0 heterocycles. The minimum Gasteiger partial charge on any atom is -0.507 e. The third-order valence-electron chi connectivity index (χ3n) is 2.52. The van der Waals surface area contributed by atoms with Crippen molar-refractivity contribution in [1.82, 2.24) is 5.32 Å². The van der Waals surface area contributed by atoms with Gasteiger partial charge in [-0.05, 0) is 43.9 Å². The zero-order valence-corrected chi connectivity index (χ0v) is 10.1. The first-order valence-corrected chi connectivity index (χ1v) is 5.84. The van der Waals surface area contributed by atoms with Crippen LogP contribution in [-0.2, 0) is 0 Å². The average molecular weight is 237 g/mol. The van der Waals surface area contributed by atoms with Gasteiger partial charge in [-0.2, -0.15) is 0 Å². The maximum atomic E-state index is 11.7. The van der Waals surface area contributed by atoms with Crippen molar-refractivity contribution in [1.29, 1.82) is 0 Å². The molecule has 0 atom stereocenters. The van der Waals surface area contributed by atoms with Gasteiger partial charge in [0.1, 0.15) is 5.75 Å². The first-order chi connectivity index (χ1) is 8.15. The topological polar surface area (TPSA) is 69.6 Å². The molecular formula is C13H19NO3. The van der Waals surface area contributed by atoms with Gasteiger partial charge in [-0.1, -0.05) is 6.07 Å². The zero-order chi connectivity index (χ0) is 12.7. The van der Waals surface area contributed by atoms with E-state index in [-0.39, 0.29) is 18.3 Å². The molecular weight excluding hydrogens is 218 g/mol. The number of hydrogen-bond donors (Lipinski definition) is 3. The SMILES string of the molecule is Cc1ccc(C(=O)NCCCCCO)c(O)c1. The number of phenols is 1. The Labute approximate surface area is 101 Å². The fraction of sp³-hybridized carbons (Fsp3) is 0.462. The first kappa shape index (κ1) is 13.5. The predicted molar refractivity (Wildman–Crippen MR) is 66.1 cm³/mol. The van der Waals surface area contributed by atoms with Gasteiger partial charge in [0.05, 0.1) is 5.56 Å². The largest absolute Gasteiger partial charge is 0.507 e. The van der Waals surface area contributed by atoms with Crippen LogP contribution in [0, 0.1) is 6.92 Å². The number of aromatic hydroxyl groups is 1. The molecule has 0 radical (unpaired) electrons. The van der Waals surface area contributed by atoms with Crippen LogP contribution in [0.4, 0.5) is 0 Å². The number of aryl methyl sites for hydroxylation is 1. The molecule has 0 aromatic heterocycles. The van der Waals surface area contributed by atoms with Crippen molar-refractivity contribution in [2.75, 3.05) is 13.2 Å². The second-order valence-corrected chi connectivity index (χ2v) is 4.06. The molecule has 94 valence electrons. The molecule has 0 aliphatic heterocycles. The highest BCUT2D eigenvalue weighted by Crippen LogP contribution is 2.17. The number of phenolic OH excluding ortho intramolecular Hbond substituents is 1. The number of unbranched alkanes of at least 4 members (excludes halogenated alkanes) is 2. The Hall–Kier alpha value is -1.55. The van der Waals surface area contributed by atoms with E-state index in [1.165, 1.54) is 0 Å². The average Bonchev–Trinajstić information content (AvgIpc) is 2.28. The number of amides is 1. The highest BCUT2D eigenvalue weighted by atomic mass is 16.3. The molecule has 0 unspecified atom stereocenters. The molecule has 1 aromatic rings. The van der Waals surface area contributed by atoms with Crippen molar-refractivity contribution in [3.05, 3.63) is 29.3 Å². The summed E-state index contributed by atoms with van der Waals surface area (Å²) in [6.45, 7) is 2.61. The molecule has 0 saturated carbocycles. The monoisotopic (exact) mass is 237 g/mol. The summed E-state index contributed by atoms with van der Waals surface area (Å²) in [5.74, 6) is -0.246. The first-order valence-electron chi connectivity index (χ1n) is 5.84. The van der Waals surface area contributed by atoms with Crippen LogP contribution in [0.25, 0.3) is 0 Å². The normalized spacial score (nSPS) is 10.2. The molecule has 0 saturated heterocycles. The van der Waals surface area contributed by atoms with E-state index in [9.17, 15) is 9.90 Å². The van der Waals surface area contributed by atoms with Crippen molar-refractivity contribution >= 4 is 5.91 Å². The molecule has 1 amide bonds. The summed E-state index contributed by atoms with van der Waals surface area (Å²) in [5.41, 5.74) is 1.22. The Bertz CT molecular complexity index is 377. The molecule has 17 heavy (non-hydrogen) atoms. The summed E-state index contributed by atoms with van der Waals surface area (Å²) in [4.78, 5) is 11.7. The minimum absolute atomic E-state index is 0.0119. The van der Waals surface area contributed by atoms with Gasteiger partial charge in [0.15, 0.2) is 0 Å². The maximum absolute atomic E-state index is 11.7. The summed E-state index contributed by atoms with van der Waals surface area (Å²) < 4.78 is 0. The Morgan fingerprint density at radius 3 is 2.71 bits per heavy atom. The summed E-state index contributed by atoms with van der Waals surface area (Å²) in [5, 5.41) is 20.9. The molecule has 0 spiro atoms. The summed E-state index contributed by atoms with van der Waals surface area (Å²) in [6.07, 6.45) is 2.47. The number of nitrogens with one attached hydrogen (secondary N) is 1. The van der Waals surface area contributed by atoms with Crippen LogP contribution in [0.15, 0.2) is 18.2 Å². The number of hydrogen-bond acceptors (Lipinski definition) is 3. The van der Waals surface area contributed by atoms with Crippen molar-refractivity contribution in [3.8, 4) is 5.75 Å². The standard InChI is InChI=1S/C13H19NO3/c1-10-5-6-11(12(16)9-10)13(17)14-7-3-2-4-8-15/h5-6,9,15-16H,2-4,7-8H2,1H3,(H,14,17). The van der Waals surface area contributed by atoms with Crippen LogP contribution >= 0.6 is 0 Å². The van der Waals surface area contributed by atoms with Gasteiger partial charge in [-0.15, -0.1) is 0 Å². The van der Waals surface area contributed by atoms with E-state index >= 15 is 0 Å². The minimum atomic E-state index is -0.258. The van der Waals surface area contributed by atoms with Crippen LogP contribution in [0.2, 0.25) is 0 Å². The Morgan fingerprint density at radius 2 is 2.06 bits per heavy atom. The highest BCUT2D eigenvalue weighted by molar-refractivity contribution is 5.96. The Morgan fingerprint density at radius 1 is 1.29 bits per heavy atom.